The fourth-order valence-corrected chi connectivity index (χ4v) is 1.80. The van der Waals surface area contributed by atoms with Gasteiger partial charge in [0.25, 0.3) is 0 Å². The maximum Gasteiger partial charge on any atom is 0.417 e. The summed E-state index contributed by atoms with van der Waals surface area (Å²) < 4.78 is 38.7. The van der Waals surface area contributed by atoms with Gasteiger partial charge in [-0.25, -0.2) is 0 Å². The third-order valence-electron chi connectivity index (χ3n) is 2.80. The van der Waals surface area contributed by atoms with Crippen molar-refractivity contribution in [2.45, 2.75) is 45.8 Å². The van der Waals surface area contributed by atoms with Crippen molar-refractivity contribution in [2.24, 2.45) is 0 Å². The largest absolute Gasteiger partial charge is 0.417 e. The monoisotopic (exact) mass is 286 g/mol. The van der Waals surface area contributed by atoms with E-state index in [0.717, 1.165) is 12.6 Å². The number of hydrogen-bond donors (Lipinski definition) is 1. The third-order valence-corrected chi connectivity index (χ3v) is 2.80. The molecule has 1 heterocycles. The van der Waals surface area contributed by atoms with Crippen LogP contribution >= 0.6 is 0 Å². The SMILES string of the molecule is C/C(=C/CCNC(C)(C)C)c1cnccc1C(F)(F)F. The molecule has 0 fully saturated rings. The predicted octanol–water partition coefficient (Wildman–Crippen LogP) is 4.28. The summed E-state index contributed by atoms with van der Waals surface area (Å²) >= 11 is 0. The van der Waals surface area contributed by atoms with Crippen LogP contribution in [0.25, 0.3) is 5.57 Å². The van der Waals surface area contributed by atoms with Crippen molar-refractivity contribution < 1.29 is 13.2 Å². The maximum absolute atomic E-state index is 12.9. The molecule has 0 atom stereocenters. The van der Waals surface area contributed by atoms with Crippen LogP contribution in [-0.2, 0) is 6.18 Å². The van der Waals surface area contributed by atoms with E-state index in [1.807, 2.05) is 26.8 Å². The molecular weight excluding hydrogens is 265 g/mol. The molecule has 0 aliphatic rings. The third kappa shape index (κ3) is 5.33. The molecule has 2 nitrogen and oxygen atoms in total. The number of pyridine rings is 1. The average molecular weight is 286 g/mol. The molecule has 0 unspecified atom stereocenters. The quantitative estimate of drug-likeness (QED) is 0.836. The zero-order valence-corrected chi connectivity index (χ0v) is 12.3. The summed E-state index contributed by atoms with van der Waals surface area (Å²) in [4.78, 5) is 3.79. The topological polar surface area (TPSA) is 24.9 Å². The molecule has 0 bridgehead atoms. The summed E-state index contributed by atoms with van der Waals surface area (Å²) in [5.41, 5.74) is 0.120. The highest BCUT2D eigenvalue weighted by Gasteiger charge is 2.33. The summed E-state index contributed by atoms with van der Waals surface area (Å²) in [7, 11) is 0. The molecule has 5 heteroatoms. The van der Waals surface area contributed by atoms with Crippen molar-refractivity contribution in [1.29, 1.82) is 0 Å². The van der Waals surface area contributed by atoms with Crippen molar-refractivity contribution in [2.75, 3.05) is 6.54 Å². The standard InChI is InChI=1S/C15H21F3N2/c1-11(6-5-8-20-14(2,3)4)12-10-19-9-7-13(12)15(16,17)18/h6-7,9-10,20H,5,8H2,1-4H3/b11-6-. The van der Waals surface area contributed by atoms with E-state index in [1.54, 1.807) is 6.92 Å². The second-order valence-electron chi connectivity index (χ2n) is 5.77. The number of nitrogens with one attached hydrogen (secondary N) is 1. The molecule has 1 rings (SSSR count). The summed E-state index contributed by atoms with van der Waals surface area (Å²) in [6.07, 6.45) is 0.573. The number of alkyl halides is 3. The van der Waals surface area contributed by atoms with Crippen molar-refractivity contribution in [1.82, 2.24) is 10.3 Å². The van der Waals surface area contributed by atoms with Gasteiger partial charge in [-0.3, -0.25) is 4.98 Å². The lowest BCUT2D eigenvalue weighted by Gasteiger charge is -2.20. The van der Waals surface area contributed by atoms with Crippen LogP contribution in [0.5, 0.6) is 0 Å². The highest BCUT2D eigenvalue weighted by molar-refractivity contribution is 5.66. The Morgan fingerprint density at radius 3 is 2.50 bits per heavy atom. The van der Waals surface area contributed by atoms with Crippen LogP contribution in [0.1, 0.15) is 45.2 Å². The molecule has 0 aliphatic carbocycles. The molecule has 1 N–H and O–H groups in total. The Hall–Kier alpha value is -1.36. The first-order chi connectivity index (χ1) is 9.11. The number of nitrogens with zero attached hydrogens (tertiary/aromatic N) is 1. The van der Waals surface area contributed by atoms with E-state index in [1.165, 1.54) is 12.4 Å². The van der Waals surface area contributed by atoms with Gasteiger partial charge in [-0.15, -0.1) is 0 Å². The Morgan fingerprint density at radius 1 is 1.30 bits per heavy atom. The van der Waals surface area contributed by atoms with Crippen molar-refractivity contribution >= 4 is 5.57 Å². The zero-order chi connectivity index (χ0) is 15.4. The minimum Gasteiger partial charge on any atom is -0.312 e. The van der Waals surface area contributed by atoms with Crippen LogP contribution in [0.4, 0.5) is 13.2 Å². The smallest absolute Gasteiger partial charge is 0.312 e. The van der Waals surface area contributed by atoms with Gasteiger partial charge in [0.2, 0.25) is 0 Å². The molecule has 0 radical (unpaired) electrons. The van der Waals surface area contributed by atoms with Gasteiger partial charge in [-0.05, 0) is 52.3 Å². The summed E-state index contributed by atoms with van der Waals surface area (Å²) in [6, 6.07) is 1.01. The Morgan fingerprint density at radius 2 is 1.95 bits per heavy atom. The summed E-state index contributed by atoms with van der Waals surface area (Å²) in [5, 5.41) is 3.29. The number of allylic oxidation sites excluding steroid dienone is 1. The van der Waals surface area contributed by atoms with E-state index in [4.69, 9.17) is 0 Å². The summed E-state index contributed by atoms with van der Waals surface area (Å²) in [6.45, 7) is 8.55. The van der Waals surface area contributed by atoms with E-state index in [-0.39, 0.29) is 11.1 Å². The minimum atomic E-state index is -4.35. The molecule has 0 saturated carbocycles. The molecule has 0 aromatic carbocycles. The highest BCUT2D eigenvalue weighted by atomic mass is 19.4. The second kappa shape index (κ2) is 6.39. The number of aromatic nitrogens is 1. The van der Waals surface area contributed by atoms with Crippen molar-refractivity contribution in [3.05, 3.63) is 35.7 Å². The fraction of sp³-hybridized carbons (Fsp3) is 0.533. The van der Waals surface area contributed by atoms with Crippen LogP contribution in [0.15, 0.2) is 24.5 Å². The minimum absolute atomic E-state index is 0.00712. The lowest BCUT2D eigenvalue weighted by Crippen LogP contribution is -2.36. The first kappa shape index (κ1) is 16.7. The van der Waals surface area contributed by atoms with Gasteiger partial charge >= 0.3 is 6.18 Å². The van der Waals surface area contributed by atoms with E-state index in [0.29, 0.717) is 12.0 Å². The first-order valence-electron chi connectivity index (χ1n) is 6.54. The van der Waals surface area contributed by atoms with E-state index in [9.17, 15) is 13.2 Å². The van der Waals surface area contributed by atoms with Gasteiger partial charge in [-0.1, -0.05) is 6.08 Å². The van der Waals surface area contributed by atoms with Crippen molar-refractivity contribution in [3.63, 3.8) is 0 Å². The van der Waals surface area contributed by atoms with Crippen molar-refractivity contribution in [3.8, 4) is 0 Å². The van der Waals surface area contributed by atoms with Gasteiger partial charge in [0.1, 0.15) is 0 Å². The average Bonchev–Trinajstić information content (AvgIpc) is 2.32. The van der Waals surface area contributed by atoms with Gasteiger partial charge < -0.3 is 5.32 Å². The number of hydrogen-bond acceptors (Lipinski definition) is 2. The van der Waals surface area contributed by atoms with E-state index < -0.39 is 11.7 Å². The predicted molar refractivity (Wildman–Crippen MR) is 75.3 cm³/mol. The first-order valence-corrected chi connectivity index (χ1v) is 6.54. The van der Waals surface area contributed by atoms with Crippen LogP contribution < -0.4 is 5.32 Å². The fourth-order valence-electron chi connectivity index (χ4n) is 1.80. The van der Waals surface area contributed by atoms with Gasteiger partial charge in [-0.2, -0.15) is 13.2 Å². The second-order valence-corrected chi connectivity index (χ2v) is 5.77. The van der Waals surface area contributed by atoms with Crippen LogP contribution in [0, 0.1) is 0 Å². The van der Waals surface area contributed by atoms with Crippen LogP contribution in [0.3, 0.4) is 0 Å². The molecule has 0 aliphatic heterocycles. The molecule has 0 amide bonds. The van der Waals surface area contributed by atoms with Crippen LogP contribution in [-0.4, -0.2) is 17.1 Å². The lowest BCUT2D eigenvalue weighted by molar-refractivity contribution is -0.137. The maximum atomic E-state index is 12.9. The molecule has 1 aromatic heterocycles. The number of rotatable bonds is 4. The molecule has 20 heavy (non-hydrogen) atoms. The summed E-state index contributed by atoms with van der Waals surface area (Å²) in [5.74, 6) is 0. The molecular formula is C15H21F3N2. The highest BCUT2D eigenvalue weighted by Crippen LogP contribution is 2.34. The zero-order valence-electron chi connectivity index (χ0n) is 12.3. The van der Waals surface area contributed by atoms with Gasteiger partial charge in [0.05, 0.1) is 5.56 Å². The lowest BCUT2D eigenvalue weighted by atomic mass is 10.0. The van der Waals surface area contributed by atoms with Crippen LogP contribution in [0.2, 0.25) is 0 Å². The molecule has 0 saturated heterocycles. The molecule has 1 aromatic rings. The van der Waals surface area contributed by atoms with E-state index in [2.05, 4.69) is 10.3 Å². The Kier molecular flexibility index (Phi) is 5.34. The van der Waals surface area contributed by atoms with E-state index >= 15 is 0 Å². The normalized spacial score (nSPS) is 13.7. The molecule has 112 valence electrons. The Bertz CT molecular complexity index is 471. The van der Waals surface area contributed by atoms with Gasteiger partial charge in [0.15, 0.2) is 0 Å². The van der Waals surface area contributed by atoms with Gasteiger partial charge in [0, 0.05) is 23.5 Å². The Balaban J connectivity index is 2.80. The molecule has 0 spiro atoms. The number of halogens is 3. The Labute approximate surface area is 118 Å².